The molecular weight excluding hydrogens is 262 g/mol. The molecular formula is C14H19NO3S. The molecule has 104 valence electrons. The molecule has 4 nitrogen and oxygen atoms in total. The summed E-state index contributed by atoms with van der Waals surface area (Å²) in [6.45, 7) is 3.56. The van der Waals surface area contributed by atoms with E-state index in [0.29, 0.717) is 18.4 Å². The predicted molar refractivity (Wildman–Crippen MR) is 74.1 cm³/mol. The van der Waals surface area contributed by atoms with E-state index >= 15 is 0 Å². The molecule has 1 unspecified atom stereocenters. The molecule has 0 radical (unpaired) electrons. The van der Waals surface area contributed by atoms with Crippen molar-refractivity contribution < 1.29 is 13.2 Å². The zero-order valence-corrected chi connectivity index (χ0v) is 12.0. The number of carbonyl (C=O) groups excluding carboxylic acids is 1. The van der Waals surface area contributed by atoms with Crippen LogP contribution in [0.1, 0.15) is 38.3 Å². The quantitative estimate of drug-likeness (QED) is 0.868. The molecule has 2 rings (SSSR count). The number of hydrogen-bond donors (Lipinski definition) is 1. The van der Waals surface area contributed by atoms with Gasteiger partial charge in [0.2, 0.25) is 10.0 Å². The highest BCUT2D eigenvalue weighted by atomic mass is 32.2. The topological polar surface area (TPSA) is 63.2 Å². The van der Waals surface area contributed by atoms with E-state index in [-0.39, 0.29) is 17.0 Å². The second kappa shape index (κ2) is 5.43. The van der Waals surface area contributed by atoms with Gasteiger partial charge in [0.05, 0.1) is 5.25 Å². The molecule has 1 N–H and O–H groups in total. The van der Waals surface area contributed by atoms with Crippen molar-refractivity contribution in [3.63, 3.8) is 0 Å². The van der Waals surface area contributed by atoms with Crippen molar-refractivity contribution in [2.24, 2.45) is 5.92 Å². The Labute approximate surface area is 114 Å². The Kier molecular flexibility index (Phi) is 4.06. The van der Waals surface area contributed by atoms with Gasteiger partial charge in [0.1, 0.15) is 6.04 Å². The Morgan fingerprint density at radius 2 is 1.79 bits per heavy atom. The molecule has 1 aromatic rings. The predicted octanol–water partition coefficient (Wildman–Crippen LogP) is 2.03. The van der Waals surface area contributed by atoms with E-state index < -0.39 is 16.1 Å². The summed E-state index contributed by atoms with van der Waals surface area (Å²) < 4.78 is 26.7. The maximum Gasteiger partial charge on any atom is 0.215 e. The number of benzene rings is 1. The van der Waals surface area contributed by atoms with Crippen LogP contribution in [-0.2, 0) is 14.8 Å². The molecule has 1 saturated carbocycles. The summed E-state index contributed by atoms with van der Waals surface area (Å²) >= 11 is 0. The Morgan fingerprint density at radius 3 is 2.26 bits per heavy atom. The minimum absolute atomic E-state index is 0.101. The lowest BCUT2D eigenvalue weighted by atomic mass is 9.96. The third kappa shape index (κ3) is 3.42. The lowest BCUT2D eigenvalue weighted by Crippen LogP contribution is -2.37. The van der Waals surface area contributed by atoms with Crippen LogP contribution in [0.2, 0.25) is 0 Å². The molecule has 0 heterocycles. The summed E-state index contributed by atoms with van der Waals surface area (Å²) in [6, 6.07) is 8.24. The van der Waals surface area contributed by atoms with Crippen LogP contribution in [0.4, 0.5) is 0 Å². The lowest BCUT2D eigenvalue weighted by Gasteiger charge is -2.19. The van der Waals surface area contributed by atoms with Gasteiger partial charge in [-0.25, -0.2) is 13.1 Å². The first-order chi connectivity index (χ1) is 8.92. The van der Waals surface area contributed by atoms with Crippen LogP contribution in [-0.4, -0.2) is 19.5 Å². The van der Waals surface area contributed by atoms with Crippen LogP contribution < -0.4 is 4.72 Å². The van der Waals surface area contributed by atoms with Crippen molar-refractivity contribution >= 4 is 15.8 Å². The van der Waals surface area contributed by atoms with Crippen molar-refractivity contribution in [1.82, 2.24) is 4.72 Å². The monoisotopic (exact) mass is 281 g/mol. The number of hydrogen-bond acceptors (Lipinski definition) is 3. The van der Waals surface area contributed by atoms with E-state index in [2.05, 4.69) is 4.72 Å². The van der Waals surface area contributed by atoms with Crippen molar-refractivity contribution in [3.05, 3.63) is 35.9 Å². The summed E-state index contributed by atoms with van der Waals surface area (Å²) in [5.41, 5.74) is 0.699. The summed E-state index contributed by atoms with van der Waals surface area (Å²) in [7, 11) is -3.38. The second-order valence-corrected chi connectivity index (χ2v) is 7.26. The summed E-state index contributed by atoms with van der Waals surface area (Å²) in [6.07, 6.45) is 1.37. The van der Waals surface area contributed by atoms with Gasteiger partial charge >= 0.3 is 0 Å². The largest absolute Gasteiger partial charge is 0.297 e. The van der Waals surface area contributed by atoms with E-state index in [1.807, 2.05) is 6.07 Å². The lowest BCUT2D eigenvalue weighted by molar-refractivity contribution is -0.123. The summed E-state index contributed by atoms with van der Waals surface area (Å²) in [4.78, 5) is 12.2. The maximum atomic E-state index is 12.2. The Hall–Kier alpha value is -1.20. The minimum Gasteiger partial charge on any atom is -0.297 e. The highest BCUT2D eigenvalue weighted by Crippen LogP contribution is 2.30. The molecule has 0 aliphatic heterocycles. The second-order valence-electron chi connectivity index (χ2n) is 5.26. The number of Topliss-reactive ketones (excluding diaryl/α,β-unsaturated/α-hetero) is 1. The Morgan fingerprint density at radius 1 is 1.21 bits per heavy atom. The highest BCUT2D eigenvalue weighted by Gasteiger charge is 2.38. The first-order valence-corrected chi connectivity index (χ1v) is 8.06. The zero-order valence-electron chi connectivity index (χ0n) is 11.2. The van der Waals surface area contributed by atoms with Gasteiger partial charge < -0.3 is 0 Å². The first-order valence-electron chi connectivity index (χ1n) is 6.51. The SMILES string of the molecule is CC(C)C(=O)C(NS(=O)(=O)C1CC1)c1ccccc1. The maximum absolute atomic E-state index is 12.2. The number of rotatable bonds is 6. The van der Waals surface area contributed by atoms with Crippen molar-refractivity contribution in [1.29, 1.82) is 0 Å². The van der Waals surface area contributed by atoms with Crippen LogP contribution in [0, 0.1) is 5.92 Å². The molecule has 5 heteroatoms. The summed E-state index contributed by atoms with van der Waals surface area (Å²) in [5, 5.41) is -0.321. The molecule has 1 aliphatic rings. The molecule has 0 aromatic heterocycles. The van der Waals surface area contributed by atoms with Crippen LogP contribution in [0.3, 0.4) is 0 Å². The van der Waals surface area contributed by atoms with Crippen LogP contribution in [0.5, 0.6) is 0 Å². The van der Waals surface area contributed by atoms with E-state index in [9.17, 15) is 13.2 Å². The molecule has 19 heavy (non-hydrogen) atoms. The van der Waals surface area contributed by atoms with Gasteiger partial charge in [-0.3, -0.25) is 4.79 Å². The molecule has 0 spiro atoms. The number of ketones is 1. The van der Waals surface area contributed by atoms with Gasteiger partial charge in [-0.1, -0.05) is 44.2 Å². The minimum atomic E-state index is -3.38. The summed E-state index contributed by atoms with van der Waals surface area (Å²) in [5.74, 6) is -0.317. The fourth-order valence-corrected chi connectivity index (χ4v) is 3.44. The van der Waals surface area contributed by atoms with E-state index in [0.717, 1.165) is 0 Å². The van der Waals surface area contributed by atoms with Crippen LogP contribution in [0.25, 0.3) is 0 Å². The Balaban J connectivity index is 2.27. The molecule has 1 aromatic carbocycles. The van der Waals surface area contributed by atoms with Gasteiger partial charge in [-0.15, -0.1) is 0 Å². The first kappa shape index (κ1) is 14.2. The van der Waals surface area contributed by atoms with Crippen LogP contribution >= 0.6 is 0 Å². The normalized spacial score (nSPS) is 17.4. The number of sulfonamides is 1. The van der Waals surface area contributed by atoms with Crippen LogP contribution in [0.15, 0.2) is 30.3 Å². The third-order valence-corrected chi connectivity index (χ3v) is 5.15. The number of nitrogens with one attached hydrogen (secondary N) is 1. The third-order valence-electron chi connectivity index (χ3n) is 3.23. The molecule has 1 aliphatic carbocycles. The standard InChI is InChI=1S/C14H19NO3S/c1-10(2)14(16)13(11-6-4-3-5-7-11)15-19(17,18)12-8-9-12/h3-7,10,12-13,15H,8-9H2,1-2H3. The van der Waals surface area contributed by atoms with Gasteiger partial charge in [-0.05, 0) is 18.4 Å². The fourth-order valence-electron chi connectivity index (χ4n) is 1.91. The molecule has 1 fully saturated rings. The van der Waals surface area contributed by atoms with E-state index in [1.165, 1.54) is 0 Å². The average molecular weight is 281 g/mol. The molecule has 0 saturated heterocycles. The van der Waals surface area contributed by atoms with Crippen molar-refractivity contribution in [2.75, 3.05) is 0 Å². The molecule has 0 amide bonds. The fraction of sp³-hybridized carbons (Fsp3) is 0.500. The van der Waals surface area contributed by atoms with Gasteiger partial charge in [-0.2, -0.15) is 0 Å². The zero-order chi connectivity index (χ0) is 14.0. The Bertz CT molecular complexity index is 547. The van der Waals surface area contributed by atoms with Crippen molar-refractivity contribution in [3.8, 4) is 0 Å². The smallest absolute Gasteiger partial charge is 0.215 e. The van der Waals surface area contributed by atoms with Crippen molar-refractivity contribution in [2.45, 2.75) is 38.0 Å². The van der Waals surface area contributed by atoms with Gasteiger partial charge in [0.15, 0.2) is 5.78 Å². The molecule has 1 atom stereocenters. The van der Waals surface area contributed by atoms with Gasteiger partial charge in [0.25, 0.3) is 0 Å². The van der Waals surface area contributed by atoms with E-state index in [1.54, 1.807) is 38.1 Å². The van der Waals surface area contributed by atoms with E-state index in [4.69, 9.17) is 0 Å². The average Bonchev–Trinajstić information content (AvgIpc) is 3.20. The van der Waals surface area contributed by atoms with Gasteiger partial charge in [0, 0.05) is 5.92 Å². The number of carbonyl (C=O) groups is 1. The highest BCUT2D eigenvalue weighted by molar-refractivity contribution is 7.90. The molecule has 0 bridgehead atoms.